The minimum atomic E-state index is -0.497. The average Bonchev–Trinajstić information content (AvgIpc) is 3.24. The molecule has 9 nitrogen and oxygen atoms in total. The zero-order valence-corrected chi connectivity index (χ0v) is 18.2. The number of aromatic nitrogens is 1. The molecule has 1 aromatic carbocycles. The van der Waals surface area contributed by atoms with Crippen molar-refractivity contribution in [3.63, 3.8) is 0 Å². The van der Waals surface area contributed by atoms with Crippen molar-refractivity contribution >= 4 is 38.8 Å². The number of nitro groups is 1. The van der Waals surface area contributed by atoms with Crippen LogP contribution in [0.15, 0.2) is 34.6 Å². The number of thiazole rings is 1. The van der Waals surface area contributed by atoms with Gasteiger partial charge in [-0.05, 0) is 42.0 Å². The number of nitrogens with one attached hydrogen (secondary N) is 1. The zero-order chi connectivity index (χ0) is 21.0. The van der Waals surface area contributed by atoms with Crippen molar-refractivity contribution in [2.24, 2.45) is 10.2 Å². The first-order chi connectivity index (χ1) is 14.5. The smallest absolute Gasteiger partial charge is 0.319 e. The summed E-state index contributed by atoms with van der Waals surface area (Å²) >= 11 is 7.20. The third-order valence-corrected chi connectivity index (χ3v) is 7.08. The van der Waals surface area contributed by atoms with Crippen LogP contribution in [0.3, 0.4) is 0 Å². The second-order valence-corrected chi connectivity index (χ2v) is 9.20. The molecule has 0 amide bonds. The van der Waals surface area contributed by atoms with Gasteiger partial charge in [-0.15, -0.1) is 10.2 Å². The quantitative estimate of drug-likeness (QED) is 0.208. The van der Waals surface area contributed by atoms with Crippen molar-refractivity contribution in [3.05, 3.63) is 45.1 Å². The van der Waals surface area contributed by atoms with Crippen LogP contribution in [0.1, 0.15) is 5.56 Å². The fourth-order valence-corrected chi connectivity index (χ4v) is 4.81. The molecule has 2 aromatic rings. The van der Waals surface area contributed by atoms with Gasteiger partial charge >= 0.3 is 5.00 Å². The third-order valence-electron chi connectivity index (χ3n) is 5.94. The molecule has 11 heteroatoms. The minimum absolute atomic E-state index is 0.0646. The van der Waals surface area contributed by atoms with E-state index in [1.54, 1.807) is 0 Å². The molecular weight excluding hydrogens is 426 g/mol. The van der Waals surface area contributed by atoms with Crippen LogP contribution in [-0.4, -0.2) is 78.2 Å². The Morgan fingerprint density at radius 1 is 1.23 bits per heavy atom. The van der Waals surface area contributed by atoms with Crippen molar-refractivity contribution in [2.75, 3.05) is 58.9 Å². The molecule has 4 heterocycles. The Morgan fingerprint density at radius 3 is 2.67 bits per heavy atom. The topological polar surface area (TPSA) is 96.0 Å². The summed E-state index contributed by atoms with van der Waals surface area (Å²) in [5, 5.41) is 23.0. The summed E-state index contributed by atoms with van der Waals surface area (Å²) in [5.41, 5.74) is 1.65. The molecule has 3 aliphatic rings. The van der Waals surface area contributed by atoms with Crippen molar-refractivity contribution in [1.82, 2.24) is 15.2 Å². The summed E-state index contributed by atoms with van der Waals surface area (Å²) < 4.78 is 1.28. The van der Waals surface area contributed by atoms with Crippen LogP contribution in [-0.2, 0) is 6.42 Å². The van der Waals surface area contributed by atoms with E-state index >= 15 is 0 Å². The average molecular weight is 451 g/mol. The highest BCUT2D eigenvalue weighted by Crippen LogP contribution is 2.31. The van der Waals surface area contributed by atoms with E-state index in [1.165, 1.54) is 56.5 Å². The second-order valence-electron chi connectivity index (χ2n) is 7.80. The van der Waals surface area contributed by atoms with Crippen LogP contribution in [0.5, 0.6) is 0 Å². The van der Waals surface area contributed by atoms with Gasteiger partial charge in [0, 0.05) is 26.2 Å². The molecule has 3 aliphatic heterocycles. The SMILES string of the molecule is O=[N+]([O-])c1cnc(N=Nc2ccc(CCNCC[N+]34CCN(CC3)CC4)cc2Cl)s1. The Balaban J connectivity index is 1.23. The maximum absolute atomic E-state index is 10.7. The number of halogens is 1. The summed E-state index contributed by atoms with van der Waals surface area (Å²) in [5.74, 6) is 0. The van der Waals surface area contributed by atoms with Gasteiger partial charge in [-0.3, -0.25) is 15.0 Å². The summed E-state index contributed by atoms with van der Waals surface area (Å²) in [4.78, 5) is 16.6. The fraction of sp³-hybridized carbons (Fsp3) is 0.526. The number of benzene rings is 1. The minimum Gasteiger partial charge on any atom is -0.319 e. The summed E-state index contributed by atoms with van der Waals surface area (Å²) in [6.07, 6.45) is 2.07. The first-order valence-corrected chi connectivity index (χ1v) is 11.3. The third kappa shape index (κ3) is 5.19. The summed E-state index contributed by atoms with van der Waals surface area (Å²) in [6, 6.07) is 5.69. The number of hydrogen-bond acceptors (Lipinski definition) is 8. The molecule has 30 heavy (non-hydrogen) atoms. The van der Waals surface area contributed by atoms with Gasteiger partial charge in [0.05, 0.1) is 36.1 Å². The van der Waals surface area contributed by atoms with E-state index < -0.39 is 4.92 Å². The summed E-state index contributed by atoms with van der Waals surface area (Å²) in [7, 11) is 0. The monoisotopic (exact) mass is 450 g/mol. The molecule has 0 saturated carbocycles. The van der Waals surface area contributed by atoms with Crippen LogP contribution in [0.4, 0.5) is 15.8 Å². The first-order valence-electron chi connectivity index (χ1n) is 10.1. The van der Waals surface area contributed by atoms with E-state index in [0.29, 0.717) is 10.7 Å². The first kappa shape index (κ1) is 21.3. The van der Waals surface area contributed by atoms with Crippen molar-refractivity contribution in [3.8, 4) is 0 Å². The molecule has 2 bridgehead atoms. The number of piperazine rings is 3. The van der Waals surface area contributed by atoms with Crippen LogP contribution >= 0.6 is 22.9 Å². The molecule has 1 N–H and O–H groups in total. The molecule has 0 unspecified atom stereocenters. The number of fused-ring (bicyclic) bond motifs is 3. The summed E-state index contributed by atoms with van der Waals surface area (Å²) in [6.45, 7) is 10.8. The lowest BCUT2D eigenvalue weighted by molar-refractivity contribution is -0.939. The van der Waals surface area contributed by atoms with Crippen LogP contribution in [0.25, 0.3) is 0 Å². The largest absolute Gasteiger partial charge is 0.345 e. The highest BCUT2D eigenvalue weighted by Gasteiger charge is 2.37. The molecule has 3 fully saturated rings. The predicted molar refractivity (Wildman–Crippen MR) is 117 cm³/mol. The highest BCUT2D eigenvalue weighted by molar-refractivity contribution is 7.18. The lowest BCUT2D eigenvalue weighted by Gasteiger charge is -2.50. The lowest BCUT2D eigenvalue weighted by atomic mass is 10.1. The zero-order valence-electron chi connectivity index (χ0n) is 16.7. The maximum Gasteiger partial charge on any atom is 0.345 e. The Labute approximate surface area is 184 Å². The molecule has 1 aromatic heterocycles. The van der Waals surface area contributed by atoms with Gasteiger partial charge in [0.15, 0.2) is 0 Å². The highest BCUT2D eigenvalue weighted by atomic mass is 35.5. The van der Waals surface area contributed by atoms with Gasteiger partial charge in [-0.1, -0.05) is 17.7 Å². The van der Waals surface area contributed by atoms with Crippen LogP contribution < -0.4 is 5.32 Å². The van der Waals surface area contributed by atoms with E-state index in [2.05, 4.69) is 25.4 Å². The van der Waals surface area contributed by atoms with E-state index in [0.717, 1.165) is 36.4 Å². The number of hydrogen-bond donors (Lipinski definition) is 1. The normalized spacial score (nSPS) is 23.3. The van der Waals surface area contributed by atoms with Crippen LogP contribution in [0, 0.1) is 10.1 Å². The fourth-order valence-electron chi connectivity index (χ4n) is 4.01. The Bertz CT molecular complexity index is 914. The van der Waals surface area contributed by atoms with Crippen LogP contribution in [0.2, 0.25) is 5.02 Å². The van der Waals surface area contributed by atoms with Gasteiger partial charge in [-0.2, -0.15) is 0 Å². The van der Waals surface area contributed by atoms with Gasteiger partial charge in [0.25, 0.3) is 0 Å². The number of azo groups is 1. The molecule has 0 spiro atoms. The van der Waals surface area contributed by atoms with Gasteiger partial charge in [-0.25, -0.2) is 4.98 Å². The van der Waals surface area contributed by atoms with E-state index in [9.17, 15) is 10.1 Å². The van der Waals surface area contributed by atoms with Crippen molar-refractivity contribution in [1.29, 1.82) is 0 Å². The molecule has 0 atom stereocenters. The molecule has 0 radical (unpaired) electrons. The van der Waals surface area contributed by atoms with E-state index in [4.69, 9.17) is 11.6 Å². The second kappa shape index (κ2) is 9.44. The molecule has 0 aliphatic carbocycles. The van der Waals surface area contributed by atoms with Gasteiger partial charge in [0.2, 0.25) is 5.13 Å². The molecule has 160 valence electrons. The Kier molecular flexibility index (Phi) is 6.69. The number of nitrogens with zero attached hydrogens (tertiary/aromatic N) is 6. The predicted octanol–water partition coefficient (Wildman–Crippen LogP) is 3.40. The van der Waals surface area contributed by atoms with Gasteiger partial charge in [0.1, 0.15) is 11.9 Å². The molecule has 5 rings (SSSR count). The standard InChI is InChI=1S/C19H25ClN7O2S/c20-16-13-15(1-2-17(16)23-24-19-22-14-18(30-19)26(28)29)3-4-21-5-9-27-10-6-25(7-11-27)8-12-27/h1-2,13-14,21H,3-12H2/q+1. The number of quaternary nitrogens is 1. The van der Waals surface area contributed by atoms with E-state index in [1.807, 2.05) is 18.2 Å². The number of rotatable bonds is 9. The Hall–Kier alpha value is -1.98. The lowest BCUT2D eigenvalue weighted by Crippen LogP contribution is -2.68. The maximum atomic E-state index is 10.7. The van der Waals surface area contributed by atoms with Crippen molar-refractivity contribution in [2.45, 2.75) is 6.42 Å². The molecule has 3 saturated heterocycles. The Morgan fingerprint density at radius 2 is 2.00 bits per heavy atom. The van der Waals surface area contributed by atoms with E-state index in [-0.39, 0.29) is 10.1 Å². The van der Waals surface area contributed by atoms with Crippen molar-refractivity contribution < 1.29 is 9.41 Å². The molecular formula is C19H25ClN7O2S+. The van der Waals surface area contributed by atoms with Gasteiger partial charge < -0.3 is 9.80 Å².